The SMILES string of the molecule is CC12CCC(C1)C(C)(C)C2NC1CC2CCC1O2. The number of rotatable bonds is 2. The summed E-state index contributed by atoms with van der Waals surface area (Å²) < 4.78 is 6.01. The predicted molar refractivity (Wildman–Crippen MR) is 72.5 cm³/mol. The van der Waals surface area contributed by atoms with Crippen LogP contribution in [0.5, 0.6) is 0 Å². The molecule has 4 rings (SSSR count). The Morgan fingerprint density at radius 3 is 2.50 bits per heavy atom. The fraction of sp³-hybridized carbons (Fsp3) is 1.00. The fourth-order valence-corrected chi connectivity index (χ4v) is 5.75. The molecule has 2 nitrogen and oxygen atoms in total. The van der Waals surface area contributed by atoms with Crippen LogP contribution in [0, 0.1) is 16.7 Å². The highest BCUT2D eigenvalue weighted by atomic mass is 16.5. The minimum atomic E-state index is 0.481. The summed E-state index contributed by atoms with van der Waals surface area (Å²) in [5.41, 5.74) is 1.03. The third-order valence-electron chi connectivity index (χ3n) is 6.76. The number of hydrogen-bond donors (Lipinski definition) is 1. The second kappa shape index (κ2) is 3.52. The molecule has 2 aliphatic carbocycles. The number of ether oxygens (including phenoxy) is 1. The molecule has 102 valence electrons. The lowest BCUT2D eigenvalue weighted by atomic mass is 9.68. The highest BCUT2D eigenvalue weighted by Gasteiger charge is 2.60. The van der Waals surface area contributed by atoms with E-state index in [0.29, 0.717) is 35.1 Å². The Hall–Kier alpha value is -0.0800. The van der Waals surface area contributed by atoms with Gasteiger partial charge in [-0.25, -0.2) is 0 Å². The molecule has 2 saturated carbocycles. The highest BCUT2D eigenvalue weighted by molar-refractivity contribution is 5.13. The topological polar surface area (TPSA) is 21.3 Å². The number of hydrogen-bond acceptors (Lipinski definition) is 2. The Bertz CT molecular complexity index is 361. The van der Waals surface area contributed by atoms with Crippen LogP contribution < -0.4 is 5.32 Å². The summed E-state index contributed by atoms with van der Waals surface area (Å²) >= 11 is 0. The normalized spacial score (nSPS) is 56.5. The molecule has 6 atom stereocenters. The molecular formula is C16H27NO. The smallest absolute Gasteiger partial charge is 0.0733 e. The molecule has 0 aromatic carbocycles. The summed E-state index contributed by atoms with van der Waals surface area (Å²) in [6.45, 7) is 7.51. The monoisotopic (exact) mass is 249 g/mol. The van der Waals surface area contributed by atoms with Crippen molar-refractivity contribution in [3.8, 4) is 0 Å². The zero-order valence-electron chi connectivity index (χ0n) is 12.0. The predicted octanol–water partition coefficient (Wildman–Crippen LogP) is 3.11. The molecular weight excluding hydrogens is 222 g/mol. The Balaban J connectivity index is 1.54. The quantitative estimate of drug-likeness (QED) is 0.812. The molecule has 18 heavy (non-hydrogen) atoms. The van der Waals surface area contributed by atoms with E-state index in [4.69, 9.17) is 4.74 Å². The van der Waals surface area contributed by atoms with Crippen molar-refractivity contribution >= 4 is 0 Å². The van der Waals surface area contributed by atoms with Crippen LogP contribution in [0.3, 0.4) is 0 Å². The lowest BCUT2D eigenvalue weighted by Crippen LogP contribution is -2.55. The zero-order valence-corrected chi connectivity index (χ0v) is 12.0. The van der Waals surface area contributed by atoms with Gasteiger partial charge in [-0.1, -0.05) is 20.8 Å². The summed E-state index contributed by atoms with van der Waals surface area (Å²) in [6.07, 6.45) is 9.27. The average Bonchev–Trinajstić information content (AvgIpc) is 3.01. The zero-order chi connectivity index (χ0) is 12.5. The summed E-state index contributed by atoms with van der Waals surface area (Å²) in [6, 6.07) is 1.35. The molecule has 1 N–H and O–H groups in total. The van der Waals surface area contributed by atoms with Gasteiger partial charge in [0.25, 0.3) is 0 Å². The Morgan fingerprint density at radius 1 is 1.11 bits per heavy atom. The van der Waals surface area contributed by atoms with Crippen LogP contribution in [0.2, 0.25) is 0 Å². The highest BCUT2D eigenvalue weighted by Crippen LogP contribution is 2.62. The molecule has 4 bridgehead atoms. The maximum Gasteiger partial charge on any atom is 0.0733 e. The largest absolute Gasteiger partial charge is 0.373 e. The van der Waals surface area contributed by atoms with Gasteiger partial charge in [0.2, 0.25) is 0 Å². The second-order valence-corrected chi connectivity index (χ2v) is 8.23. The van der Waals surface area contributed by atoms with Gasteiger partial charge in [-0.2, -0.15) is 0 Å². The first-order chi connectivity index (χ1) is 8.49. The van der Waals surface area contributed by atoms with Crippen molar-refractivity contribution in [3.63, 3.8) is 0 Å². The van der Waals surface area contributed by atoms with E-state index in [1.807, 2.05) is 0 Å². The number of nitrogens with one attached hydrogen (secondary N) is 1. The molecule has 6 unspecified atom stereocenters. The first-order valence-corrected chi connectivity index (χ1v) is 7.90. The van der Waals surface area contributed by atoms with Crippen molar-refractivity contribution in [2.24, 2.45) is 16.7 Å². The first kappa shape index (κ1) is 11.7. The molecule has 0 spiro atoms. The molecule has 2 heterocycles. The molecule has 0 amide bonds. The number of fused-ring (bicyclic) bond motifs is 4. The fourth-order valence-electron chi connectivity index (χ4n) is 5.75. The van der Waals surface area contributed by atoms with E-state index in [2.05, 4.69) is 26.1 Å². The van der Waals surface area contributed by atoms with Gasteiger partial charge in [0.15, 0.2) is 0 Å². The molecule has 4 aliphatic rings. The standard InChI is InChI=1S/C16H27NO/c1-15(2)10-6-7-16(3,9-10)14(15)17-12-8-11-4-5-13(12)18-11/h10-14,17H,4-9H2,1-3H3. The maximum atomic E-state index is 6.01. The summed E-state index contributed by atoms with van der Waals surface area (Å²) in [7, 11) is 0. The van der Waals surface area contributed by atoms with Gasteiger partial charge in [0.1, 0.15) is 0 Å². The van der Waals surface area contributed by atoms with E-state index in [0.717, 1.165) is 5.92 Å². The van der Waals surface area contributed by atoms with E-state index < -0.39 is 0 Å². The molecule has 0 radical (unpaired) electrons. The van der Waals surface area contributed by atoms with Crippen LogP contribution in [0.4, 0.5) is 0 Å². The molecule has 4 fully saturated rings. The minimum absolute atomic E-state index is 0.481. The third kappa shape index (κ3) is 1.42. The Kier molecular flexibility index (Phi) is 2.29. The van der Waals surface area contributed by atoms with Crippen LogP contribution >= 0.6 is 0 Å². The molecule has 2 saturated heterocycles. The van der Waals surface area contributed by atoms with Crippen LogP contribution in [-0.4, -0.2) is 24.3 Å². The van der Waals surface area contributed by atoms with Crippen molar-refractivity contribution in [2.75, 3.05) is 0 Å². The molecule has 2 aliphatic heterocycles. The van der Waals surface area contributed by atoms with Crippen molar-refractivity contribution in [3.05, 3.63) is 0 Å². The second-order valence-electron chi connectivity index (χ2n) is 8.23. The van der Waals surface area contributed by atoms with Gasteiger partial charge in [0, 0.05) is 12.1 Å². The third-order valence-corrected chi connectivity index (χ3v) is 6.76. The molecule has 0 aromatic heterocycles. The van der Waals surface area contributed by atoms with Crippen molar-refractivity contribution in [1.82, 2.24) is 5.32 Å². The van der Waals surface area contributed by atoms with E-state index in [1.54, 1.807) is 0 Å². The van der Waals surface area contributed by atoms with Gasteiger partial charge in [-0.3, -0.25) is 0 Å². The van der Waals surface area contributed by atoms with Crippen molar-refractivity contribution in [1.29, 1.82) is 0 Å². The molecule has 2 heteroatoms. The van der Waals surface area contributed by atoms with Crippen molar-refractivity contribution in [2.45, 2.75) is 83.6 Å². The summed E-state index contributed by atoms with van der Waals surface area (Å²) in [4.78, 5) is 0. The summed E-state index contributed by atoms with van der Waals surface area (Å²) in [5, 5.41) is 4.05. The van der Waals surface area contributed by atoms with Gasteiger partial charge >= 0.3 is 0 Å². The van der Waals surface area contributed by atoms with E-state index in [9.17, 15) is 0 Å². The van der Waals surface area contributed by atoms with Crippen LogP contribution in [0.1, 0.15) is 59.3 Å². The Labute approximate surface area is 111 Å². The minimum Gasteiger partial charge on any atom is -0.373 e. The van der Waals surface area contributed by atoms with Crippen LogP contribution in [0.25, 0.3) is 0 Å². The molecule has 0 aromatic rings. The average molecular weight is 249 g/mol. The lowest BCUT2D eigenvalue weighted by molar-refractivity contribution is 0.0695. The van der Waals surface area contributed by atoms with Gasteiger partial charge in [0.05, 0.1) is 12.2 Å². The van der Waals surface area contributed by atoms with E-state index in [1.165, 1.54) is 38.5 Å². The van der Waals surface area contributed by atoms with Gasteiger partial charge < -0.3 is 10.1 Å². The van der Waals surface area contributed by atoms with Gasteiger partial charge in [-0.05, 0) is 55.3 Å². The van der Waals surface area contributed by atoms with E-state index >= 15 is 0 Å². The van der Waals surface area contributed by atoms with Crippen molar-refractivity contribution < 1.29 is 4.74 Å². The van der Waals surface area contributed by atoms with Crippen LogP contribution in [0.15, 0.2) is 0 Å². The first-order valence-electron chi connectivity index (χ1n) is 7.90. The van der Waals surface area contributed by atoms with Gasteiger partial charge in [-0.15, -0.1) is 0 Å². The van der Waals surface area contributed by atoms with E-state index in [-0.39, 0.29) is 0 Å². The summed E-state index contributed by atoms with van der Waals surface area (Å²) in [5.74, 6) is 0.944. The van der Waals surface area contributed by atoms with Crippen LogP contribution in [-0.2, 0) is 4.74 Å². The lowest BCUT2D eigenvalue weighted by Gasteiger charge is -2.45. The Morgan fingerprint density at radius 2 is 1.94 bits per heavy atom. The maximum absolute atomic E-state index is 6.01.